The molecule has 5 nitrogen and oxygen atoms in total. The van der Waals surface area contributed by atoms with Crippen LogP contribution in [0.1, 0.15) is 90.0 Å². The van der Waals surface area contributed by atoms with E-state index < -0.39 is 0 Å². The molecule has 0 bridgehead atoms. The Labute approximate surface area is 196 Å². The highest BCUT2D eigenvalue weighted by atomic mass is 16.5. The lowest BCUT2D eigenvalue weighted by atomic mass is 10.0. The Balaban J connectivity index is 1.50. The van der Waals surface area contributed by atoms with Gasteiger partial charge in [-0.1, -0.05) is 63.0 Å². The van der Waals surface area contributed by atoms with Crippen molar-refractivity contribution in [2.24, 2.45) is 16.5 Å². The number of anilines is 1. The number of unbranched alkanes of at least 4 members (excludes halogenated alkanes) is 9. The lowest BCUT2D eigenvalue weighted by molar-refractivity contribution is 0.304. The minimum atomic E-state index is 0.208. The smallest absolute Gasteiger partial charge is 0.185 e. The van der Waals surface area contributed by atoms with Gasteiger partial charge < -0.3 is 21.1 Å². The normalized spacial score (nSPS) is 12.9. The number of guanidine groups is 1. The fourth-order valence-electron chi connectivity index (χ4n) is 4.25. The molecule has 1 aromatic rings. The number of ether oxygens (including phenoxy) is 1. The molecular weight excluding hydrogens is 396 g/mol. The molecule has 1 aromatic carbocycles. The minimum Gasteiger partial charge on any atom is -0.494 e. The van der Waals surface area contributed by atoms with Gasteiger partial charge in [-0.15, -0.1) is 0 Å². The highest BCUT2D eigenvalue weighted by Crippen LogP contribution is 2.30. The Morgan fingerprint density at radius 1 is 0.969 bits per heavy atom. The van der Waals surface area contributed by atoms with Crippen molar-refractivity contribution < 1.29 is 4.74 Å². The first-order chi connectivity index (χ1) is 15.6. The third kappa shape index (κ3) is 10.9. The molecule has 0 saturated heterocycles. The van der Waals surface area contributed by atoms with Crippen LogP contribution in [0.2, 0.25) is 0 Å². The van der Waals surface area contributed by atoms with Crippen molar-refractivity contribution in [3.05, 3.63) is 35.4 Å². The van der Waals surface area contributed by atoms with Crippen molar-refractivity contribution in [2.45, 2.75) is 90.9 Å². The zero-order valence-corrected chi connectivity index (χ0v) is 20.6. The number of nitrogens with two attached hydrogens (primary N) is 2. The molecule has 180 valence electrons. The molecule has 1 aliphatic rings. The minimum absolute atomic E-state index is 0.208. The van der Waals surface area contributed by atoms with Crippen LogP contribution >= 0.6 is 0 Å². The van der Waals surface area contributed by atoms with E-state index >= 15 is 0 Å². The van der Waals surface area contributed by atoms with Gasteiger partial charge in [0.25, 0.3) is 0 Å². The second-order valence-electron chi connectivity index (χ2n) is 9.31. The van der Waals surface area contributed by atoms with E-state index in [4.69, 9.17) is 16.2 Å². The van der Waals surface area contributed by atoms with Crippen LogP contribution in [-0.4, -0.2) is 32.2 Å². The van der Waals surface area contributed by atoms with Gasteiger partial charge in [0.05, 0.1) is 6.61 Å². The Bertz CT molecular complexity index is 706. The molecule has 0 aromatic heterocycles. The highest BCUT2D eigenvalue weighted by molar-refractivity contribution is 5.75. The molecule has 2 rings (SSSR count). The van der Waals surface area contributed by atoms with Gasteiger partial charge in [-0.2, -0.15) is 0 Å². The summed E-state index contributed by atoms with van der Waals surface area (Å²) in [5, 5.41) is 0. The number of hydrogen-bond acceptors (Lipinski definition) is 3. The third-order valence-electron chi connectivity index (χ3n) is 6.10. The number of hydrogen-bond donors (Lipinski definition) is 2. The van der Waals surface area contributed by atoms with E-state index in [-0.39, 0.29) is 5.96 Å². The third-order valence-corrected chi connectivity index (χ3v) is 6.10. The molecule has 0 amide bonds. The first-order valence-electron chi connectivity index (χ1n) is 12.8. The van der Waals surface area contributed by atoms with Crippen LogP contribution in [0.15, 0.2) is 34.8 Å². The van der Waals surface area contributed by atoms with Gasteiger partial charge in [0.15, 0.2) is 5.96 Å². The van der Waals surface area contributed by atoms with Crippen molar-refractivity contribution >= 4 is 11.6 Å². The lowest BCUT2D eigenvalue weighted by Crippen LogP contribution is -2.29. The van der Waals surface area contributed by atoms with E-state index in [2.05, 4.69) is 48.0 Å². The number of aryl methyl sites for hydroxylation is 1. The molecule has 0 radical (unpaired) electrons. The first kappa shape index (κ1) is 26.1. The topological polar surface area (TPSA) is 76.9 Å². The van der Waals surface area contributed by atoms with E-state index in [0.29, 0.717) is 0 Å². The summed E-state index contributed by atoms with van der Waals surface area (Å²) in [6.45, 7) is 8.09. The second-order valence-corrected chi connectivity index (χ2v) is 9.31. The lowest BCUT2D eigenvalue weighted by Gasteiger charge is -2.31. The van der Waals surface area contributed by atoms with E-state index in [0.717, 1.165) is 51.3 Å². The predicted octanol–water partition coefficient (Wildman–Crippen LogP) is 5.96. The van der Waals surface area contributed by atoms with Crippen molar-refractivity contribution in [3.8, 4) is 5.75 Å². The summed E-state index contributed by atoms with van der Waals surface area (Å²) < 4.78 is 6.06. The maximum Gasteiger partial charge on any atom is 0.185 e. The van der Waals surface area contributed by atoms with Crippen molar-refractivity contribution in [3.63, 3.8) is 0 Å². The summed E-state index contributed by atoms with van der Waals surface area (Å²) in [5.74, 6) is 1.24. The zero-order valence-electron chi connectivity index (χ0n) is 20.6. The maximum absolute atomic E-state index is 6.06. The fourth-order valence-corrected chi connectivity index (χ4v) is 4.25. The first-order valence-corrected chi connectivity index (χ1v) is 12.8. The molecule has 0 atom stereocenters. The fraction of sp³-hybridized carbons (Fsp3) is 0.667. The molecule has 0 aliphatic carbocycles. The number of benzene rings is 1. The van der Waals surface area contributed by atoms with E-state index in [9.17, 15) is 0 Å². The van der Waals surface area contributed by atoms with Gasteiger partial charge in [-0.25, -0.2) is 0 Å². The van der Waals surface area contributed by atoms with Crippen LogP contribution in [-0.2, 0) is 6.42 Å². The number of allylic oxidation sites excluding steroid dienone is 1. The molecule has 0 fully saturated rings. The Morgan fingerprint density at radius 3 is 2.28 bits per heavy atom. The summed E-state index contributed by atoms with van der Waals surface area (Å²) in [4.78, 5) is 6.51. The summed E-state index contributed by atoms with van der Waals surface area (Å²) in [6.07, 6.45) is 17.4. The predicted molar refractivity (Wildman–Crippen MR) is 139 cm³/mol. The summed E-state index contributed by atoms with van der Waals surface area (Å²) in [7, 11) is 0. The summed E-state index contributed by atoms with van der Waals surface area (Å²) in [5.41, 5.74) is 14.9. The molecule has 0 saturated carbocycles. The molecule has 32 heavy (non-hydrogen) atoms. The Morgan fingerprint density at radius 2 is 1.62 bits per heavy atom. The van der Waals surface area contributed by atoms with Crippen molar-refractivity contribution in [2.75, 3.05) is 31.1 Å². The number of nitrogens with zero attached hydrogens (tertiary/aromatic N) is 2. The molecular formula is C27H46N4O. The Hall–Kier alpha value is -2.17. The number of fused-ring (bicyclic) bond motifs is 1. The molecule has 1 aliphatic heterocycles. The zero-order chi connectivity index (χ0) is 23.0. The quantitative estimate of drug-likeness (QED) is 0.143. The molecule has 0 spiro atoms. The van der Waals surface area contributed by atoms with Crippen LogP contribution in [0.25, 0.3) is 0 Å². The van der Waals surface area contributed by atoms with Crippen molar-refractivity contribution in [1.82, 2.24) is 0 Å². The summed E-state index contributed by atoms with van der Waals surface area (Å²) >= 11 is 0. The van der Waals surface area contributed by atoms with Gasteiger partial charge in [0, 0.05) is 25.3 Å². The van der Waals surface area contributed by atoms with Gasteiger partial charge in [0.2, 0.25) is 0 Å². The monoisotopic (exact) mass is 442 g/mol. The van der Waals surface area contributed by atoms with Crippen LogP contribution in [0.3, 0.4) is 0 Å². The van der Waals surface area contributed by atoms with Gasteiger partial charge in [-0.3, -0.25) is 4.99 Å². The van der Waals surface area contributed by atoms with Crippen molar-refractivity contribution in [1.29, 1.82) is 0 Å². The molecule has 5 heteroatoms. The average molecular weight is 443 g/mol. The summed E-state index contributed by atoms with van der Waals surface area (Å²) in [6, 6.07) is 6.67. The standard InChI is InChI=1S/C27H46N4O/c1-23(2)17-20-31-19-13-14-24-22-25(15-16-26(24)31)32-21-12-10-8-6-4-3-5-7-9-11-18-30-27(28)29/h15-17,22H,3-14,18-21H2,1-2H3,(H4,28,29,30). The second kappa shape index (κ2) is 15.6. The average Bonchev–Trinajstić information content (AvgIpc) is 2.77. The van der Waals surface area contributed by atoms with Crippen LogP contribution < -0.4 is 21.1 Å². The van der Waals surface area contributed by atoms with E-state index in [1.54, 1.807) is 0 Å². The Kier molecular flexibility index (Phi) is 12.7. The van der Waals surface area contributed by atoms with Crippen LogP contribution in [0.4, 0.5) is 5.69 Å². The van der Waals surface area contributed by atoms with Gasteiger partial charge in [0.1, 0.15) is 5.75 Å². The molecule has 1 heterocycles. The van der Waals surface area contributed by atoms with Gasteiger partial charge >= 0.3 is 0 Å². The largest absolute Gasteiger partial charge is 0.494 e. The van der Waals surface area contributed by atoms with Crippen LogP contribution in [0, 0.1) is 0 Å². The number of aliphatic imine (C=N–C) groups is 1. The molecule has 4 N–H and O–H groups in total. The van der Waals surface area contributed by atoms with E-state index in [1.165, 1.54) is 74.6 Å². The molecule has 0 unspecified atom stereocenters. The maximum atomic E-state index is 6.06. The SMILES string of the molecule is CC(C)=CCN1CCCc2cc(OCCCCCCCCCCCCN=C(N)N)ccc21. The highest BCUT2D eigenvalue weighted by Gasteiger charge is 2.16. The van der Waals surface area contributed by atoms with Gasteiger partial charge in [-0.05, 0) is 63.3 Å². The van der Waals surface area contributed by atoms with Crippen LogP contribution in [0.5, 0.6) is 5.75 Å². The van der Waals surface area contributed by atoms with E-state index in [1.807, 2.05) is 0 Å². The number of rotatable bonds is 16.